The van der Waals surface area contributed by atoms with Crippen molar-refractivity contribution in [2.75, 3.05) is 6.54 Å². The summed E-state index contributed by atoms with van der Waals surface area (Å²) in [5.41, 5.74) is 1.44. The van der Waals surface area contributed by atoms with Gasteiger partial charge in [0.25, 0.3) is 0 Å². The number of aryl methyl sites for hydroxylation is 1. The molecule has 0 saturated carbocycles. The molecule has 0 unspecified atom stereocenters. The van der Waals surface area contributed by atoms with Crippen LogP contribution in [0, 0.1) is 0 Å². The molecule has 0 aliphatic heterocycles. The van der Waals surface area contributed by atoms with Gasteiger partial charge in [0.05, 0.1) is 5.56 Å². The standard InChI is InChI=1S/C21H20F3NO3/c1-2-14-9-17-15(10-20(27)28-19(17)11-18(14)26)12-25-8-7-13-3-5-16(6-4-13)21(22,23)24/h3-6,9-11,25-26H,2,7-8,12H2,1H3. The molecule has 0 atom stereocenters. The molecule has 0 saturated heterocycles. The van der Waals surface area contributed by atoms with Crippen LogP contribution in [0.5, 0.6) is 5.75 Å². The molecule has 0 bridgehead atoms. The highest BCUT2D eigenvalue weighted by atomic mass is 19.4. The van der Waals surface area contributed by atoms with Crippen molar-refractivity contribution in [2.24, 2.45) is 0 Å². The second-order valence-electron chi connectivity index (χ2n) is 6.54. The van der Waals surface area contributed by atoms with Crippen molar-refractivity contribution >= 4 is 11.0 Å². The highest BCUT2D eigenvalue weighted by Gasteiger charge is 2.29. The van der Waals surface area contributed by atoms with Crippen molar-refractivity contribution in [2.45, 2.75) is 32.5 Å². The van der Waals surface area contributed by atoms with E-state index in [4.69, 9.17) is 4.42 Å². The number of hydrogen-bond acceptors (Lipinski definition) is 4. The largest absolute Gasteiger partial charge is 0.508 e. The first kappa shape index (κ1) is 19.9. The molecule has 0 aliphatic carbocycles. The number of alkyl halides is 3. The third kappa shape index (κ3) is 4.54. The fourth-order valence-corrected chi connectivity index (χ4v) is 3.05. The summed E-state index contributed by atoms with van der Waals surface area (Å²) in [6.07, 6.45) is -3.14. The van der Waals surface area contributed by atoms with Crippen LogP contribution in [0.3, 0.4) is 0 Å². The fourth-order valence-electron chi connectivity index (χ4n) is 3.05. The number of halogens is 3. The smallest absolute Gasteiger partial charge is 0.416 e. The first-order valence-electron chi connectivity index (χ1n) is 8.93. The van der Waals surface area contributed by atoms with Crippen LogP contribution in [-0.4, -0.2) is 11.7 Å². The van der Waals surface area contributed by atoms with E-state index in [2.05, 4.69) is 5.32 Å². The Bertz CT molecular complexity index is 1020. The van der Waals surface area contributed by atoms with E-state index < -0.39 is 17.4 Å². The summed E-state index contributed by atoms with van der Waals surface area (Å²) in [6, 6.07) is 9.74. The molecule has 28 heavy (non-hydrogen) atoms. The van der Waals surface area contributed by atoms with E-state index in [0.717, 1.165) is 34.2 Å². The molecule has 7 heteroatoms. The molecule has 2 N–H and O–H groups in total. The highest BCUT2D eigenvalue weighted by Crippen LogP contribution is 2.29. The maximum atomic E-state index is 12.6. The zero-order valence-corrected chi connectivity index (χ0v) is 15.3. The number of benzene rings is 2. The van der Waals surface area contributed by atoms with Gasteiger partial charge in [-0.3, -0.25) is 0 Å². The number of nitrogens with one attached hydrogen (secondary N) is 1. The zero-order chi connectivity index (χ0) is 20.3. The van der Waals surface area contributed by atoms with Crippen LogP contribution in [0.15, 0.2) is 51.7 Å². The summed E-state index contributed by atoms with van der Waals surface area (Å²) in [6.45, 7) is 2.85. The Morgan fingerprint density at radius 1 is 1.07 bits per heavy atom. The Balaban J connectivity index is 1.68. The summed E-state index contributed by atoms with van der Waals surface area (Å²) in [7, 11) is 0. The molecule has 0 fully saturated rings. The molecule has 1 heterocycles. The van der Waals surface area contributed by atoms with Gasteiger partial charge in [0.15, 0.2) is 0 Å². The Hall–Kier alpha value is -2.80. The predicted octanol–water partition coefficient (Wildman–Crippen LogP) is 4.41. The van der Waals surface area contributed by atoms with Gasteiger partial charge in [0.1, 0.15) is 11.3 Å². The van der Waals surface area contributed by atoms with E-state index in [9.17, 15) is 23.1 Å². The second-order valence-corrected chi connectivity index (χ2v) is 6.54. The van der Waals surface area contributed by atoms with Gasteiger partial charge in [-0.1, -0.05) is 19.1 Å². The van der Waals surface area contributed by atoms with Crippen molar-refractivity contribution in [1.29, 1.82) is 0 Å². The van der Waals surface area contributed by atoms with Gasteiger partial charge in [-0.25, -0.2) is 4.79 Å². The van der Waals surface area contributed by atoms with Crippen molar-refractivity contribution in [3.63, 3.8) is 0 Å². The van der Waals surface area contributed by atoms with Crippen molar-refractivity contribution in [3.05, 3.63) is 75.1 Å². The highest BCUT2D eigenvalue weighted by molar-refractivity contribution is 5.82. The zero-order valence-electron chi connectivity index (χ0n) is 15.3. The quantitative estimate of drug-likeness (QED) is 0.483. The van der Waals surface area contributed by atoms with Crippen molar-refractivity contribution in [3.8, 4) is 5.75 Å². The first-order valence-corrected chi connectivity index (χ1v) is 8.93. The average molecular weight is 391 g/mol. The van der Waals surface area contributed by atoms with Crippen LogP contribution in [-0.2, 0) is 25.6 Å². The second kappa shape index (κ2) is 8.06. The topological polar surface area (TPSA) is 62.5 Å². The van der Waals surface area contributed by atoms with Crippen molar-refractivity contribution < 1.29 is 22.7 Å². The van der Waals surface area contributed by atoms with Gasteiger partial charge in [-0.05, 0) is 54.3 Å². The third-order valence-corrected chi connectivity index (χ3v) is 4.60. The monoisotopic (exact) mass is 391 g/mol. The number of fused-ring (bicyclic) bond motifs is 1. The number of phenols is 1. The summed E-state index contributed by atoms with van der Waals surface area (Å²) in [4.78, 5) is 11.8. The van der Waals surface area contributed by atoms with E-state index in [0.29, 0.717) is 31.5 Å². The van der Waals surface area contributed by atoms with E-state index in [1.165, 1.54) is 24.3 Å². The molecule has 3 aromatic rings. The Morgan fingerprint density at radius 2 is 1.79 bits per heavy atom. The van der Waals surface area contributed by atoms with Gasteiger partial charge < -0.3 is 14.8 Å². The molecule has 4 nitrogen and oxygen atoms in total. The van der Waals surface area contributed by atoms with Crippen LogP contribution in [0.4, 0.5) is 13.2 Å². The number of hydrogen-bond donors (Lipinski definition) is 2. The van der Waals surface area contributed by atoms with Crippen LogP contribution < -0.4 is 10.9 Å². The minimum absolute atomic E-state index is 0.0885. The lowest BCUT2D eigenvalue weighted by Gasteiger charge is -2.10. The van der Waals surface area contributed by atoms with E-state index in [-0.39, 0.29) is 5.75 Å². The Morgan fingerprint density at radius 3 is 2.43 bits per heavy atom. The summed E-state index contributed by atoms with van der Waals surface area (Å²) < 4.78 is 42.9. The summed E-state index contributed by atoms with van der Waals surface area (Å²) >= 11 is 0. The van der Waals surface area contributed by atoms with Gasteiger partial charge >= 0.3 is 11.8 Å². The summed E-state index contributed by atoms with van der Waals surface area (Å²) in [5, 5.41) is 13.9. The normalized spacial score (nSPS) is 11.9. The molecule has 1 aromatic heterocycles. The maximum absolute atomic E-state index is 12.6. The number of aromatic hydroxyl groups is 1. The van der Waals surface area contributed by atoms with Gasteiger partial charge in [0.2, 0.25) is 0 Å². The average Bonchev–Trinajstić information content (AvgIpc) is 2.64. The third-order valence-electron chi connectivity index (χ3n) is 4.60. The van der Waals surface area contributed by atoms with Gasteiger partial charge in [-0.2, -0.15) is 13.2 Å². The van der Waals surface area contributed by atoms with E-state index in [1.807, 2.05) is 6.92 Å². The molecule has 0 aliphatic rings. The maximum Gasteiger partial charge on any atom is 0.416 e. The van der Waals surface area contributed by atoms with E-state index >= 15 is 0 Å². The lowest BCUT2D eigenvalue weighted by atomic mass is 10.0. The van der Waals surface area contributed by atoms with Gasteiger partial charge in [0, 0.05) is 24.1 Å². The first-order chi connectivity index (χ1) is 13.3. The fraction of sp³-hybridized carbons (Fsp3) is 0.286. The molecule has 3 rings (SSSR count). The molecule has 148 valence electrons. The minimum atomic E-state index is -4.34. The number of rotatable bonds is 6. The van der Waals surface area contributed by atoms with Crippen LogP contribution >= 0.6 is 0 Å². The van der Waals surface area contributed by atoms with Crippen LogP contribution in [0.25, 0.3) is 11.0 Å². The minimum Gasteiger partial charge on any atom is -0.508 e. The van der Waals surface area contributed by atoms with E-state index in [1.54, 1.807) is 6.07 Å². The molecule has 0 spiro atoms. The molecule has 0 amide bonds. The van der Waals surface area contributed by atoms with Gasteiger partial charge in [-0.15, -0.1) is 0 Å². The lowest BCUT2D eigenvalue weighted by Crippen LogP contribution is -2.18. The molecular formula is C21H20F3NO3. The number of phenolic OH excluding ortho intramolecular Hbond substituents is 1. The molecular weight excluding hydrogens is 371 g/mol. The Kier molecular flexibility index (Phi) is 5.74. The lowest BCUT2D eigenvalue weighted by molar-refractivity contribution is -0.137. The Labute approximate surface area is 159 Å². The van der Waals surface area contributed by atoms with Crippen molar-refractivity contribution in [1.82, 2.24) is 5.32 Å². The summed E-state index contributed by atoms with van der Waals surface area (Å²) in [5.74, 6) is 0.0885. The van der Waals surface area contributed by atoms with Crippen LogP contribution in [0.2, 0.25) is 0 Å². The molecule has 2 aromatic carbocycles. The van der Waals surface area contributed by atoms with Crippen LogP contribution in [0.1, 0.15) is 29.2 Å². The predicted molar refractivity (Wildman–Crippen MR) is 100 cm³/mol. The SMILES string of the molecule is CCc1cc2c(CNCCc3ccc(C(F)(F)F)cc3)cc(=O)oc2cc1O. The molecule has 0 radical (unpaired) electrons.